The van der Waals surface area contributed by atoms with Gasteiger partial charge in [0.1, 0.15) is 5.82 Å². The highest BCUT2D eigenvalue weighted by Gasteiger charge is 2.46. The van der Waals surface area contributed by atoms with Crippen LogP contribution in [0.5, 0.6) is 0 Å². The van der Waals surface area contributed by atoms with E-state index in [4.69, 9.17) is 11.6 Å². The van der Waals surface area contributed by atoms with Crippen molar-refractivity contribution in [2.24, 2.45) is 0 Å². The number of hydrogen-bond donors (Lipinski definition) is 1. The zero-order chi connectivity index (χ0) is 14.3. The highest BCUT2D eigenvalue weighted by molar-refractivity contribution is 6.30. The van der Waals surface area contributed by atoms with Gasteiger partial charge in [0.25, 0.3) is 0 Å². The topological polar surface area (TPSA) is 29.9 Å². The van der Waals surface area contributed by atoms with Gasteiger partial charge in [0.2, 0.25) is 0 Å². The summed E-state index contributed by atoms with van der Waals surface area (Å²) < 4.78 is 40.4. The van der Waals surface area contributed by atoms with E-state index in [-0.39, 0.29) is 6.42 Å². The molecule has 0 spiro atoms. The molecule has 20 heavy (non-hydrogen) atoms. The van der Waals surface area contributed by atoms with E-state index < -0.39 is 18.3 Å². The van der Waals surface area contributed by atoms with Gasteiger partial charge in [-0.3, -0.25) is 0 Å². The van der Waals surface area contributed by atoms with Crippen molar-refractivity contribution >= 4 is 17.4 Å². The molecule has 7 heteroatoms. The summed E-state index contributed by atoms with van der Waals surface area (Å²) in [5.41, 5.74) is 0.774. The molecule has 1 aromatic heterocycles. The Morgan fingerprint density at radius 1 is 1.20 bits per heavy atom. The summed E-state index contributed by atoms with van der Waals surface area (Å²) in [5.74, 6) is 0.374. The molecule has 0 aliphatic carbocycles. The van der Waals surface area contributed by atoms with Gasteiger partial charge in [-0.25, -0.2) is 4.68 Å². The van der Waals surface area contributed by atoms with Gasteiger partial charge in [0, 0.05) is 17.5 Å². The predicted octanol–water partition coefficient (Wildman–Crippen LogP) is 4.20. The Labute approximate surface area is 118 Å². The zero-order valence-electron chi connectivity index (χ0n) is 10.2. The number of fused-ring (bicyclic) bond motifs is 1. The maximum absolute atomic E-state index is 13.1. The number of hydrogen-bond acceptors (Lipinski definition) is 2. The minimum atomic E-state index is -4.33. The van der Waals surface area contributed by atoms with E-state index in [0.29, 0.717) is 10.8 Å². The van der Waals surface area contributed by atoms with Crippen LogP contribution in [0, 0.1) is 0 Å². The summed E-state index contributed by atoms with van der Waals surface area (Å²) in [6.07, 6.45) is -3.06. The first kappa shape index (κ1) is 13.3. The lowest BCUT2D eigenvalue weighted by Crippen LogP contribution is -2.35. The predicted molar refractivity (Wildman–Crippen MR) is 69.8 cm³/mol. The van der Waals surface area contributed by atoms with Crippen molar-refractivity contribution in [2.75, 3.05) is 5.32 Å². The molecular weight excluding hydrogens is 291 g/mol. The molecule has 106 valence electrons. The van der Waals surface area contributed by atoms with Gasteiger partial charge in [0.15, 0.2) is 6.04 Å². The fourth-order valence-electron chi connectivity index (χ4n) is 2.42. The van der Waals surface area contributed by atoms with Crippen LogP contribution in [-0.4, -0.2) is 16.0 Å². The average Bonchev–Trinajstić information content (AvgIpc) is 2.85. The highest BCUT2D eigenvalue weighted by Crippen LogP contribution is 2.43. The Hall–Kier alpha value is -1.69. The van der Waals surface area contributed by atoms with Crippen LogP contribution in [0.2, 0.25) is 5.02 Å². The van der Waals surface area contributed by atoms with Crippen LogP contribution in [0.4, 0.5) is 19.0 Å². The monoisotopic (exact) mass is 301 g/mol. The van der Waals surface area contributed by atoms with E-state index in [1.807, 2.05) is 0 Å². The molecule has 0 bridgehead atoms. The Morgan fingerprint density at radius 2 is 1.90 bits per heavy atom. The smallest absolute Gasteiger partial charge is 0.363 e. The van der Waals surface area contributed by atoms with E-state index in [1.54, 1.807) is 30.3 Å². The van der Waals surface area contributed by atoms with Crippen LogP contribution in [0.1, 0.15) is 24.1 Å². The lowest BCUT2D eigenvalue weighted by molar-refractivity contribution is -0.173. The van der Waals surface area contributed by atoms with E-state index in [9.17, 15) is 13.2 Å². The maximum atomic E-state index is 13.1. The first-order valence-electron chi connectivity index (χ1n) is 6.07. The molecule has 2 aromatic rings. The van der Waals surface area contributed by atoms with Crippen molar-refractivity contribution in [2.45, 2.75) is 24.7 Å². The number of aromatic nitrogens is 2. The van der Waals surface area contributed by atoms with Crippen LogP contribution >= 0.6 is 11.6 Å². The number of rotatable bonds is 1. The summed E-state index contributed by atoms with van der Waals surface area (Å²) in [6, 6.07) is 6.33. The molecular formula is C13H11ClF3N3. The third kappa shape index (κ3) is 2.35. The SMILES string of the molecule is FC(F)(F)[C@H]1C[C@H](c2ccc(Cl)cc2)Nc2ccnn21. The van der Waals surface area contributed by atoms with E-state index >= 15 is 0 Å². The third-order valence-corrected chi connectivity index (χ3v) is 3.65. The largest absolute Gasteiger partial charge is 0.410 e. The minimum Gasteiger partial charge on any atom is -0.363 e. The molecule has 0 unspecified atom stereocenters. The molecule has 3 rings (SSSR count). The second-order valence-corrected chi connectivity index (χ2v) is 5.14. The van der Waals surface area contributed by atoms with Crippen LogP contribution in [-0.2, 0) is 0 Å². The summed E-state index contributed by atoms with van der Waals surface area (Å²) in [5, 5.41) is 7.39. The number of nitrogens with zero attached hydrogens (tertiary/aromatic N) is 2. The fourth-order valence-corrected chi connectivity index (χ4v) is 2.55. The first-order chi connectivity index (χ1) is 9.45. The second kappa shape index (κ2) is 4.70. The highest BCUT2D eigenvalue weighted by atomic mass is 35.5. The molecule has 1 aliphatic rings. The van der Waals surface area contributed by atoms with Gasteiger partial charge < -0.3 is 5.32 Å². The second-order valence-electron chi connectivity index (χ2n) is 4.70. The average molecular weight is 302 g/mol. The molecule has 0 amide bonds. The standard InChI is InChI=1S/C13H11ClF3N3/c14-9-3-1-8(2-4-9)10-7-11(13(15,16)17)20-12(19-10)5-6-18-20/h1-6,10-11,19H,7H2/t10-,11-/m1/s1. The van der Waals surface area contributed by atoms with Gasteiger partial charge in [-0.2, -0.15) is 18.3 Å². The quantitative estimate of drug-likeness (QED) is 0.855. The lowest BCUT2D eigenvalue weighted by atomic mass is 9.97. The molecule has 0 saturated heterocycles. The van der Waals surface area contributed by atoms with E-state index in [1.165, 1.54) is 6.20 Å². The first-order valence-corrected chi connectivity index (χ1v) is 6.45. The van der Waals surface area contributed by atoms with Crippen LogP contribution in [0.25, 0.3) is 0 Å². The fraction of sp³-hybridized carbons (Fsp3) is 0.308. The molecule has 1 aromatic carbocycles. The number of nitrogens with one attached hydrogen (secondary N) is 1. The number of anilines is 1. The number of benzene rings is 1. The normalized spacial score (nSPS) is 22.2. The maximum Gasteiger partial charge on any atom is 0.410 e. The lowest BCUT2D eigenvalue weighted by Gasteiger charge is -2.33. The van der Waals surface area contributed by atoms with Gasteiger partial charge >= 0.3 is 6.18 Å². The molecule has 1 N–H and O–H groups in total. The molecule has 1 aliphatic heterocycles. The van der Waals surface area contributed by atoms with Crippen molar-refractivity contribution in [3.05, 3.63) is 47.1 Å². The van der Waals surface area contributed by atoms with E-state index in [0.717, 1.165) is 10.2 Å². The summed E-state index contributed by atoms with van der Waals surface area (Å²) in [4.78, 5) is 0. The Balaban J connectivity index is 1.95. The summed E-state index contributed by atoms with van der Waals surface area (Å²) in [7, 11) is 0. The van der Waals surface area contributed by atoms with Crippen molar-refractivity contribution in [1.82, 2.24) is 9.78 Å². The molecule has 0 saturated carbocycles. The van der Waals surface area contributed by atoms with Crippen LogP contribution in [0.15, 0.2) is 36.5 Å². The summed E-state index contributed by atoms with van der Waals surface area (Å²) in [6.45, 7) is 0. The Kier molecular flexibility index (Phi) is 3.12. The van der Waals surface area contributed by atoms with Gasteiger partial charge in [-0.05, 0) is 17.7 Å². The number of halogens is 4. The van der Waals surface area contributed by atoms with Gasteiger partial charge in [-0.15, -0.1) is 0 Å². The molecule has 2 heterocycles. The third-order valence-electron chi connectivity index (χ3n) is 3.40. The molecule has 0 fully saturated rings. The Bertz CT molecular complexity index is 606. The Morgan fingerprint density at radius 3 is 2.55 bits per heavy atom. The van der Waals surface area contributed by atoms with E-state index in [2.05, 4.69) is 10.4 Å². The zero-order valence-corrected chi connectivity index (χ0v) is 11.0. The molecule has 0 radical (unpaired) electrons. The van der Waals surface area contributed by atoms with Crippen LogP contribution in [0.3, 0.4) is 0 Å². The van der Waals surface area contributed by atoms with Crippen LogP contribution < -0.4 is 5.32 Å². The molecule has 2 atom stereocenters. The summed E-state index contributed by atoms with van der Waals surface area (Å²) >= 11 is 5.80. The van der Waals surface area contributed by atoms with Crippen molar-refractivity contribution in [1.29, 1.82) is 0 Å². The van der Waals surface area contributed by atoms with Gasteiger partial charge in [-0.1, -0.05) is 23.7 Å². The number of alkyl halides is 3. The minimum absolute atomic E-state index is 0.0974. The van der Waals surface area contributed by atoms with Crippen molar-refractivity contribution in [3.63, 3.8) is 0 Å². The van der Waals surface area contributed by atoms with Crippen molar-refractivity contribution in [3.8, 4) is 0 Å². The van der Waals surface area contributed by atoms with Crippen molar-refractivity contribution < 1.29 is 13.2 Å². The van der Waals surface area contributed by atoms with Gasteiger partial charge in [0.05, 0.1) is 12.2 Å². The molecule has 3 nitrogen and oxygen atoms in total.